The lowest BCUT2D eigenvalue weighted by Crippen LogP contribution is -2.12. The Hall–Kier alpha value is -1.97. The van der Waals surface area contributed by atoms with E-state index in [-0.39, 0.29) is 5.91 Å². The van der Waals surface area contributed by atoms with Crippen LogP contribution in [-0.4, -0.2) is 10.9 Å². The molecule has 1 heterocycles. The van der Waals surface area contributed by atoms with Crippen molar-refractivity contribution in [3.8, 4) is 0 Å². The minimum absolute atomic E-state index is 0.225. The second kappa shape index (κ2) is 5.19. The summed E-state index contributed by atoms with van der Waals surface area (Å²) < 4.78 is 0. The van der Waals surface area contributed by atoms with Crippen molar-refractivity contribution in [2.75, 3.05) is 5.32 Å². The van der Waals surface area contributed by atoms with E-state index in [1.54, 1.807) is 24.3 Å². The fraction of sp³-hybridized carbons (Fsp3) is 0. The summed E-state index contributed by atoms with van der Waals surface area (Å²) in [6.45, 7) is 0. The predicted octanol–water partition coefficient (Wildman–Crippen LogP) is 4.73. The first kappa shape index (κ1) is 13.0. The van der Waals surface area contributed by atoms with Gasteiger partial charge < -0.3 is 10.3 Å². The van der Waals surface area contributed by atoms with Crippen LogP contribution in [0.25, 0.3) is 10.9 Å². The van der Waals surface area contributed by atoms with Gasteiger partial charge in [-0.2, -0.15) is 0 Å². The number of nitrogens with one attached hydrogen (secondary N) is 2. The molecule has 0 unspecified atom stereocenters. The Balaban J connectivity index is 1.90. The molecule has 0 spiro atoms. The number of carbonyl (C=O) groups is 1. The van der Waals surface area contributed by atoms with Gasteiger partial charge in [-0.1, -0.05) is 23.2 Å². The van der Waals surface area contributed by atoms with E-state index in [2.05, 4.69) is 10.3 Å². The van der Waals surface area contributed by atoms with Gasteiger partial charge in [0.15, 0.2) is 0 Å². The topological polar surface area (TPSA) is 44.9 Å². The minimum Gasteiger partial charge on any atom is -0.361 e. The van der Waals surface area contributed by atoms with Crippen LogP contribution in [0.5, 0.6) is 0 Å². The van der Waals surface area contributed by atoms with Crippen LogP contribution in [0.4, 0.5) is 5.69 Å². The van der Waals surface area contributed by atoms with E-state index >= 15 is 0 Å². The van der Waals surface area contributed by atoms with Crippen molar-refractivity contribution >= 4 is 45.7 Å². The molecule has 3 nitrogen and oxygen atoms in total. The first-order valence-corrected chi connectivity index (χ1v) is 6.72. The van der Waals surface area contributed by atoms with Crippen LogP contribution in [0.2, 0.25) is 10.0 Å². The van der Waals surface area contributed by atoms with Crippen LogP contribution in [-0.2, 0) is 0 Å². The Morgan fingerprint density at radius 2 is 1.90 bits per heavy atom. The number of benzene rings is 2. The number of carbonyl (C=O) groups excluding carboxylic acids is 1. The highest BCUT2D eigenvalue weighted by molar-refractivity contribution is 6.35. The van der Waals surface area contributed by atoms with Crippen LogP contribution in [0, 0.1) is 0 Å². The second-order valence-electron chi connectivity index (χ2n) is 4.36. The van der Waals surface area contributed by atoms with Crippen LogP contribution in [0.1, 0.15) is 10.4 Å². The van der Waals surface area contributed by atoms with Gasteiger partial charge in [0.25, 0.3) is 5.91 Å². The number of hydrogen-bond donors (Lipinski definition) is 2. The number of aromatic nitrogens is 1. The first-order valence-electron chi connectivity index (χ1n) is 5.97. The molecular weight excluding hydrogens is 295 g/mol. The molecule has 5 heteroatoms. The number of amides is 1. The van der Waals surface area contributed by atoms with Gasteiger partial charge in [-0.25, -0.2) is 0 Å². The number of anilines is 1. The lowest BCUT2D eigenvalue weighted by Gasteiger charge is -2.08. The molecule has 3 aromatic rings. The maximum absolute atomic E-state index is 12.2. The highest BCUT2D eigenvalue weighted by Crippen LogP contribution is 2.26. The highest BCUT2D eigenvalue weighted by atomic mass is 35.5. The van der Waals surface area contributed by atoms with E-state index in [9.17, 15) is 4.79 Å². The molecule has 0 aliphatic carbocycles. The molecule has 0 saturated heterocycles. The predicted molar refractivity (Wildman–Crippen MR) is 82.7 cm³/mol. The van der Waals surface area contributed by atoms with Crippen molar-refractivity contribution in [3.63, 3.8) is 0 Å². The van der Waals surface area contributed by atoms with Crippen molar-refractivity contribution in [1.82, 2.24) is 4.98 Å². The summed E-state index contributed by atoms with van der Waals surface area (Å²) in [5.74, 6) is -0.225. The van der Waals surface area contributed by atoms with Crippen molar-refractivity contribution < 1.29 is 4.79 Å². The molecule has 100 valence electrons. The second-order valence-corrected chi connectivity index (χ2v) is 5.20. The summed E-state index contributed by atoms with van der Waals surface area (Å²) in [6.07, 6.45) is 1.83. The van der Waals surface area contributed by atoms with Gasteiger partial charge >= 0.3 is 0 Å². The summed E-state index contributed by atoms with van der Waals surface area (Å²) >= 11 is 11.9. The van der Waals surface area contributed by atoms with Crippen LogP contribution >= 0.6 is 23.2 Å². The minimum atomic E-state index is -0.225. The van der Waals surface area contributed by atoms with Gasteiger partial charge in [-0.05, 0) is 42.5 Å². The van der Waals surface area contributed by atoms with Crippen molar-refractivity contribution in [3.05, 3.63) is 64.3 Å². The van der Waals surface area contributed by atoms with E-state index in [1.807, 2.05) is 24.4 Å². The molecule has 2 aromatic carbocycles. The molecule has 0 atom stereocenters. The van der Waals surface area contributed by atoms with Crippen molar-refractivity contribution in [2.24, 2.45) is 0 Å². The Bertz CT molecular complexity index is 795. The molecule has 0 radical (unpaired) electrons. The third-order valence-electron chi connectivity index (χ3n) is 2.99. The zero-order chi connectivity index (χ0) is 14.1. The Morgan fingerprint density at radius 3 is 2.75 bits per heavy atom. The summed E-state index contributed by atoms with van der Waals surface area (Å²) in [6, 6.07) is 12.3. The summed E-state index contributed by atoms with van der Waals surface area (Å²) in [7, 11) is 0. The van der Waals surface area contributed by atoms with Gasteiger partial charge in [-0.15, -0.1) is 0 Å². The first-order chi connectivity index (χ1) is 9.63. The molecule has 0 aliphatic rings. The molecule has 0 saturated carbocycles. The fourth-order valence-corrected chi connectivity index (χ4v) is 2.32. The van der Waals surface area contributed by atoms with Crippen LogP contribution in [0.15, 0.2) is 48.7 Å². The molecule has 1 aromatic heterocycles. The van der Waals surface area contributed by atoms with E-state index in [1.165, 1.54) is 0 Å². The number of rotatable bonds is 2. The van der Waals surface area contributed by atoms with Crippen molar-refractivity contribution in [1.29, 1.82) is 0 Å². The number of hydrogen-bond acceptors (Lipinski definition) is 1. The molecule has 2 N–H and O–H groups in total. The molecular formula is C15H10Cl2N2O. The zero-order valence-corrected chi connectivity index (χ0v) is 11.8. The molecule has 1 amide bonds. The quantitative estimate of drug-likeness (QED) is 0.706. The normalized spacial score (nSPS) is 10.7. The van der Waals surface area contributed by atoms with E-state index in [4.69, 9.17) is 23.2 Å². The Labute approximate surface area is 125 Å². The lowest BCUT2D eigenvalue weighted by molar-refractivity contribution is 0.102. The standard InChI is InChI=1S/C15H10Cl2N2O/c16-11-2-3-12(17)14(8-11)19-15(20)10-1-4-13-9(7-10)5-6-18-13/h1-8,18H,(H,19,20). The lowest BCUT2D eigenvalue weighted by atomic mass is 10.1. The van der Waals surface area contributed by atoms with Gasteiger partial charge in [0.1, 0.15) is 0 Å². The van der Waals surface area contributed by atoms with Gasteiger partial charge in [0, 0.05) is 27.7 Å². The number of fused-ring (bicyclic) bond motifs is 1. The van der Waals surface area contributed by atoms with Crippen LogP contribution < -0.4 is 5.32 Å². The van der Waals surface area contributed by atoms with Crippen molar-refractivity contribution in [2.45, 2.75) is 0 Å². The third-order valence-corrected chi connectivity index (χ3v) is 3.56. The fourth-order valence-electron chi connectivity index (χ4n) is 1.98. The van der Waals surface area contributed by atoms with Gasteiger partial charge in [-0.3, -0.25) is 4.79 Å². The maximum Gasteiger partial charge on any atom is 0.255 e. The largest absolute Gasteiger partial charge is 0.361 e. The zero-order valence-electron chi connectivity index (χ0n) is 10.3. The molecule has 3 rings (SSSR count). The molecule has 0 fully saturated rings. The number of H-pyrrole nitrogens is 1. The number of aromatic amines is 1. The average molecular weight is 305 g/mol. The maximum atomic E-state index is 12.2. The summed E-state index contributed by atoms with van der Waals surface area (Å²) in [4.78, 5) is 15.3. The van der Waals surface area contributed by atoms with E-state index in [0.29, 0.717) is 21.3 Å². The molecule has 20 heavy (non-hydrogen) atoms. The summed E-state index contributed by atoms with van der Waals surface area (Å²) in [5.41, 5.74) is 2.05. The summed E-state index contributed by atoms with van der Waals surface area (Å²) in [5, 5.41) is 4.71. The monoisotopic (exact) mass is 304 g/mol. The Morgan fingerprint density at radius 1 is 1.05 bits per heavy atom. The highest BCUT2D eigenvalue weighted by Gasteiger charge is 2.10. The van der Waals surface area contributed by atoms with Gasteiger partial charge in [0.2, 0.25) is 0 Å². The number of halogens is 2. The van der Waals surface area contributed by atoms with Gasteiger partial charge in [0.05, 0.1) is 10.7 Å². The van der Waals surface area contributed by atoms with Crippen LogP contribution in [0.3, 0.4) is 0 Å². The third kappa shape index (κ3) is 2.50. The smallest absolute Gasteiger partial charge is 0.255 e. The Kier molecular flexibility index (Phi) is 3.38. The van der Waals surface area contributed by atoms with E-state index in [0.717, 1.165) is 10.9 Å². The SMILES string of the molecule is O=C(Nc1cc(Cl)ccc1Cl)c1ccc2[nH]ccc2c1. The average Bonchev–Trinajstić information content (AvgIpc) is 2.90. The molecule has 0 aliphatic heterocycles. The van der Waals surface area contributed by atoms with E-state index < -0.39 is 0 Å². The molecule has 0 bridgehead atoms.